The van der Waals surface area contributed by atoms with Crippen LogP contribution in [0, 0.1) is 11.8 Å². The van der Waals surface area contributed by atoms with Crippen LogP contribution in [0.5, 0.6) is 0 Å². The Labute approximate surface area is 109 Å². The van der Waals surface area contributed by atoms with Crippen molar-refractivity contribution in [3.05, 3.63) is 0 Å². The first-order valence-corrected chi connectivity index (χ1v) is 8.47. The van der Waals surface area contributed by atoms with Crippen molar-refractivity contribution in [1.29, 1.82) is 0 Å². The first kappa shape index (κ1) is 13.4. The summed E-state index contributed by atoms with van der Waals surface area (Å²) in [5, 5.41) is 0. The molecule has 0 bridgehead atoms. The lowest BCUT2D eigenvalue weighted by Crippen LogP contribution is -1.88. The van der Waals surface area contributed by atoms with E-state index in [2.05, 4.69) is 0 Å². The average molecular weight is 236 g/mol. The minimum atomic E-state index is 1.16. The van der Waals surface area contributed by atoms with E-state index in [1.807, 2.05) is 0 Å². The van der Waals surface area contributed by atoms with Crippen LogP contribution in [0.3, 0.4) is 0 Å². The number of rotatable bonds is 0. The molecule has 0 amide bonds. The van der Waals surface area contributed by atoms with Crippen molar-refractivity contribution in [2.24, 2.45) is 11.8 Å². The second-order valence-electron chi connectivity index (χ2n) is 6.58. The predicted molar refractivity (Wildman–Crippen MR) is 76.2 cm³/mol. The van der Waals surface area contributed by atoms with Gasteiger partial charge in [-0.15, -0.1) is 0 Å². The van der Waals surface area contributed by atoms with Crippen LogP contribution < -0.4 is 0 Å². The molecule has 0 radical (unpaired) electrons. The number of fused-ring (bicyclic) bond motifs is 1. The minimum absolute atomic E-state index is 1.16. The summed E-state index contributed by atoms with van der Waals surface area (Å²) in [6.07, 6.45) is 22.9. The molecule has 2 fully saturated rings. The summed E-state index contributed by atoms with van der Waals surface area (Å²) in [5.74, 6) is 2.31. The molecule has 0 saturated heterocycles. The van der Waals surface area contributed by atoms with Crippen molar-refractivity contribution < 1.29 is 0 Å². The molecule has 2 aliphatic carbocycles. The maximum Gasteiger partial charge on any atom is -0.0383 e. The SMILES string of the molecule is C1CCCCCCCC2CC2CCCCCC1. The van der Waals surface area contributed by atoms with Crippen molar-refractivity contribution in [3.8, 4) is 0 Å². The Morgan fingerprint density at radius 3 is 1.00 bits per heavy atom. The van der Waals surface area contributed by atoms with Crippen LogP contribution in [-0.4, -0.2) is 0 Å². The van der Waals surface area contributed by atoms with Gasteiger partial charge in [-0.1, -0.05) is 89.9 Å². The van der Waals surface area contributed by atoms with E-state index < -0.39 is 0 Å². The fourth-order valence-electron chi connectivity index (χ4n) is 3.60. The molecule has 0 aromatic carbocycles. The molecule has 0 aliphatic heterocycles. The molecule has 17 heavy (non-hydrogen) atoms. The summed E-state index contributed by atoms with van der Waals surface area (Å²) in [4.78, 5) is 0. The molecular formula is C17H32. The Balaban J connectivity index is 1.58. The highest BCUT2D eigenvalue weighted by molar-refractivity contribution is 4.85. The van der Waals surface area contributed by atoms with E-state index >= 15 is 0 Å². The molecule has 2 aliphatic rings. The summed E-state index contributed by atoms with van der Waals surface area (Å²) < 4.78 is 0. The Bertz CT molecular complexity index is 164. The van der Waals surface area contributed by atoms with Gasteiger partial charge in [-0.25, -0.2) is 0 Å². The molecule has 0 heterocycles. The van der Waals surface area contributed by atoms with Crippen molar-refractivity contribution in [1.82, 2.24) is 0 Å². The topological polar surface area (TPSA) is 0 Å². The van der Waals surface area contributed by atoms with E-state index in [0.29, 0.717) is 0 Å². The van der Waals surface area contributed by atoms with Gasteiger partial charge in [0.15, 0.2) is 0 Å². The molecule has 2 rings (SSSR count). The third-order valence-corrected chi connectivity index (χ3v) is 4.97. The van der Waals surface area contributed by atoms with Gasteiger partial charge in [-0.05, 0) is 18.3 Å². The van der Waals surface area contributed by atoms with Crippen molar-refractivity contribution in [3.63, 3.8) is 0 Å². The van der Waals surface area contributed by atoms with E-state index in [-0.39, 0.29) is 0 Å². The quantitative estimate of drug-likeness (QED) is 0.477. The van der Waals surface area contributed by atoms with E-state index in [4.69, 9.17) is 0 Å². The largest absolute Gasteiger partial charge is 0.0533 e. The Morgan fingerprint density at radius 1 is 0.353 bits per heavy atom. The molecule has 0 spiro atoms. The Hall–Kier alpha value is 0. The van der Waals surface area contributed by atoms with Gasteiger partial charge in [-0.3, -0.25) is 0 Å². The van der Waals surface area contributed by atoms with Crippen molar-refractivity contribution in [2.45, 2.75) is 96.3 Å². The standard InChI is InChI=1S/C17H32/c1-2-4-6-8-10-12-14-17-15-16(17)13-11-9-7-5-3-1/h16-17H,1-15H2. The van der Waals surface area contributed by atoms with Crippen molar-refractivity contribution in [2.75, 3.05) is 0 Å². The minimum Gasteiger partial charge on any atom is -0.0533 e. The summed E-state index contributed by atoms with van der Waals surface area (Å²) in [5.41, 5.74) is 0. The van der Waals surface area contributed by atoms with E-state index in [9.17, 15) is 0 Å². The van der Waals surface area contributed by atoms with Crippen LogP contribution >= 0.6 is 0 Å². The lowest BCUT2D eigenvalue weighted by Gasteiger charge is -2.05. The second-order valence-corrected chi connectivity index (χ2v) is 6.58. The third-order valence-electron chi connectivity index (χ3n) is 4.97. The molecule has 0 nitrogen and oxygen atoms in total. The van der Waals surface area contributed by atoms with Crippen LogP contribution in [0.4, 0.5) is 0 Å². The molecule has 0 aromatic rings. The number of hydrogen-bond acceptors (Lipinski definition) is 0. The lowest BCUT2D eigenvalue weighted by atomic mass is 10.0. The number of hydrogen-bond donors (Lipinski definition) is 0. The zero-order valence-corrected chi connectivity index (χ0v) is 11.8. The van der Waals surface area contributed by atoms with E-state index in [0.717, 1.165) is 11.8 Å². The monoisotopic (exact) mass is 236 g/mol. The molecule has 100 valence electrons. The van der Waals surface area contributed by atoms with Gasteiger partial charge in [0.25, 0.3) is 0 Å². The summed E-state index contributed by atoms with van der Waals surface area (Å²) in [6, 6.07) is 0. The summed E-state index contributed by atoms with van der Waals surface area (Å²) in [7, 11) is 0. The predicted octanol–water partition coefficient (Wildman–Crippen LogP) is 6.10. The van der Waals surface area contributed by atoms with Crippen LogP contribution in [0.1, 0.15) is 96.3 Å². The maximum atomic E-state index is 1.58. The van der Waals surface area contributed by atoms with Gasteiger partial charge in [0.05, 0.1) is 0 Å². The molecule has 2 saturated carbocycles. The van der Waals surface area contributed by atoms with Crippen LogP contribution in [-0.2, 0) is 0 Å². The maximum absolute atomic E-state index is 1.58. The van der Waals surface area contributed by atoms with Gasteiger partial charge in [0, 0.05) is 0 Å². The molecular weight excluding hydrogens is 204 g/mol. The van der Waals surface area contributed by atoms with Crippen molar-refractivity contribution >= 4 is 0 Å². The lowest BCUT2D eigenvalue weighted by molar-refractivity contribution is 0.494. The van der Waals surface area contributed by atoms with Gasteiger partial charge in [-0.2, -0.15) is 0 Å². The molecule has 2 unspecified atom stereocenters. The highest BCUT2D eigenvalue weighted by atomic mass is 14.4. The van der Waals surface area contributed by atoms with Gasteiger partial charge >= 0.3 is 0 Å². The van der Waals surface area contributed by atoms with Crippen LogP contribution in [0.25, 0.3) is 0 Å². The summed E-state index contributed by atoms with van der Waals surface area (Å²) >= 11 is 0. The summed E-state index contributed by atoms with van der Waals surface area (Å²) in [6.45, 7) is 0. The molecule has 0 aromatic heterocycles. The molecule has 0 N–H and O–H groups in total. The third kappa shape index (κ3) is 5.93. The van der Waals surface area contributed by atoms with E-state index in [1.54, 1.807) is 19.3 Å². The van der Waals surface area contributed by atoms with Gasteiger partial charge < -0.3 is 0 Å². The van der Waals surface area contributed by atoms with Crippen LogP contribution in [0.2, 0.25) is 0 Å². The fraction of sp³-hybridized carbons (Fsp3) is 1.00. The molecule has 0 heteroatoms. The zero-order valence-electron chi connectivity index (χ0n) is 11.8. The smallest absolute Gasteiger partial charge is 0.0383 e. The average Bonchev–Trinajstić information content (AvgIpc) is 3.07. The fourth-order valence-corrected chi connectivity index (χ4v) is 3.60. The molecule has 2 atom stereocenters. The first-order chi connectivity index (χ1) is 8.47. The highest BCUT2D eigenvalue weighted by Gasteiger charge is 2.34. The van der Waals surface area contributed by atoms with Crippen LogP contribution in [0.15, 0.2) is 0 Å². The van der Waals surface area contributed by atoms with E-state index in [1.165, 1.54) is 77.0 Å². The Morgan fingerprint density at radius 2 is 0.647 bits per heavy atom. The Kier molecular flexibility index (Phi) is 6.45. The zero-order chi connectivity index (χ0) is 11.8. The second kappa shape index (κ2) is 8.16. The normalized spacial score (nSPS) is 33.9. The first-order valence-electron chi connectivity index (χ1n) is 8.47. The van der Waals surface area contributed by atoms with Gasteiger partial charge in [0.1, 0.15) is 0 Å². The highest BCUT2D eigenvalue weighted by Crippen LogP contribution is 2.45. The van der Waals surface area contributed by atoms with Gasteiger partial charge in [0.2, 0.25) is 0 Å².